The molecule has 29 heteroatoms. The summed E-state index contributed by atoms with van der Waals surface area (Å²) in [6.07, 6.45) is 4.62. The predicted octanol–water partition coefficient (Wildman–Crippen LogP) is 8.84. The molecule has 0 saturated carbocycles. The number of hydrogen-bond acceptors (Lipinski definition) is 27. The van der Waals surface area contributed by atoms with Gasteiger partial charge in [-0.2, -0.15) is 0 Å². The number of carbonyl (C=O) groups excluding carboxylic acids is 7. The van der Waals surface area contributed by atoms with Gasteiger partial charge in [0.15, 0.2) is 17.3 Å². The van der Waals surface area contributed by atoms with Gasteiger partial charge < -0.3 is 82.9 Å². The Balaban J connectivity index is 0.000000181. The lowest BCUT2D eigenvalue weighted by atomic mass is 9.90. The van der Waals surface area contributed by atoms with Gasteiger partial charge in [-0.1, -0.05) is 0 Å². The topological polar surface area (TPSA) is 380 Å². The standard InChI is InChI=1S/C21H25N3O4.C19H25N3O4.C16H19NO5.C15H17NO4.C15H17NO3/c1-12(25)17(22-2)11-23-20(26)16-10-14-9-13-5-3-7-24-8-4-6-15(18(13)24)19(14)28-21(16)27;1-5-22(6-2)14-8-7-13-9-15(19(25)26-17(13)10-14)18(24)21-11-16(20-4)12(3)23;1-9(18)12(17-2)6-11-5-10-7-14(20-3)15(21-4)8-13(10)22-16(11)19;1-9(17)13(16-2)7-11-6-10-4-5-12(19-3)8-14(10)20-15(11)18;1-4-16(5-2)12-7-6-11-8-13(10(3)17)15(18)19-14(11)9-12/h9-10,17,22H,3-8,11H2,1-2H3,(H,23,26);7-10,16,20H,5-6,11H2,1-4H3,(H,21,24);5,7-8,12,17H,6H2,1-4H3;4-6,8,13,16H,7H2,1-3H3;6-9H,4-5H2,1-3H3/t17-;16-;12-;13-;/m0000./s1. The van der Waals surface area contributed by atoms with E-state index in [1.165, 1.54) is 66.2 Å². The van der Waals surface area contributed by atoms with Gasteiger partial charge in [0.1, 0.15) is 73.5 Å². The predicted molar refractivity (Wildman–Crippen MR) is 444 cm³/mol. The molecule has 4 atom stereocenters. The van der Waals surface area contributed by atoms with Crippen molar-refractivity contribution >= 4 is 113 Å². The van der Waals surface area contributed by atoms with E-state index in [2.05, 4.69) is 80.4 Å². The maximum absolute atomic E-state index is 12.5. The Bertz CT molecular complexity index is 5540. The average molecular weight is 1580 g/mol. The second-order valence-electron chi connectivity index (χ2n) is 27.6. The van der Waals surface area contributed by atoms with Crippen molar-refractivity contribution in [2.24, 2.45) is 0 Å². The van der Waals surface area contributed by atoms with Crippen LogP contribution in [0.15, 0.2) is 149 Å². The maximum Gasteiger partial charge on any atom is 0.349 e. The minimum Gasteiger partial charge on any atom is -0.497 e. The third kappa shape index (κ3) is 22.1. The molecular weight excluding hydrogens is 1480 g/mol. The molecule has 0 unspecified atom stereocenters. The molecule has 115 heavy (non-hydrogen) atoms. The summed E-state index contributed by atoms with van der Waals surface area (Å²) in [5.74, 6) is 0.0880. The number of aryl methyl sites for hydroxylation is 2. The Morgan fingerprint density at radius 2 is 0.826 bits per heavy atom. The Morgan fingerprint density at radius 3 is 1.28 bits per heavy atom. The quantitative estimate of drug-likeness (QED) is 0.0197. The summed E-state index contributed by atoms with van der Waals surface area (Å²) < 4.78 is 42.4. The van der Waals surface area contributed by atoms with E-state index in [9.17, 15) is 57.5 Å². The van der Waals surface area contributed by atoms with Crippen LogP contribution in [-0.4, -0.2) is 167 Å². The molecule has 612 valence electrons. The van der Waals surface area contributed by atoms with Crippen LogP contribution in [0.5, 0.6) is 17.2 Å². The number of likely N-dealkylation sites (N-methyl/N-ethyl adjacent to an activating group) is 4. The summed E-state index contributed by atoms with van der Waals surface area (Å²) in [6, 6.07) is 28.4. The van der Waals surface area contributed by atoms with E-state index >= 15 is 0 Å². The summed E-state index contributed by atoms with van der Waals surface area (Å²) in [7, 11) is 11.3. The molecule has 5 aromatic carbocycles. The number of carbonyl (C=O) groups is 7. The molecule has 0 saturated heterocycles. The van der Waals surface area contributed by atoms with Gasteiger partial charge in [-0.3, -0.25) is 33.6 Å². The summed E-state index contributed by atoms with van der Waals surface area (Å²) in [6.45, 7) is 21.2. The summed E-state index contributed by atoms with van der Waals surface area (Å²) in [4.78, 5) is 149. The van der Waals surface area contributed by atoms with Gasteiger partial charge in [-0.15, -0.1) is 0 Å². The van der Waals surface area contributed by atoms with E-state index in [-0.39, 0.29) is 71.2 Å². The number of ether oxygens (including phenoxy) is 3. The average Bonchev–Trinajstić information content (AvgIpc) is 0.748. The third-order valence-corrected chi connectivity index (χ3v) is 20.2. The molecule has 2 amide bonds. The number of anilines is 3. The van der Waals surface area contributed by atoms with E-state index in [4.69, 9.17) is 36.3 Å². The molecule has 6 N–H and O–H groups in total. The summed E-state index contributed by atoms with van der Waals surface area (Å²) >= 11 is 0. The molecule has 5 aromatic heterocycles. The zero-order chi connectivity index (χ0) is 84.1. The van der Waals surface area contributed by atoms with E-state index in [0.29, 0.717) is 73.5 Å². The van der Waals surface area contributed by atoms with E-state index < -0.39 is 58.1 Å². The number of methoxy groups -OCH3 is 3. The fourth-order valence-electron chi connectivity index (χ4n) is 13.6. The highest BCUT2D eigenvalue weighted by molar-refractivity contribution is 6.00. The first-order valence-electron chi connectivity index (χ1n) is 38.1. The minimum absolute atomic E-state index is 0.0123. The molecule has 7 heterocycles. The fraction of sp³-hybridized carbons (Fsp3) is 0.395. The zero-order valence-electron chi connectivity index (χ0n) is 68.0. The minimum atomic E-state index is -0.699. The van der Waals surface area contributed by atoms with Gasteiger partial charge in [0.25, 0.3) is 11.8 Å². The van der Waals surface area contributed by atoms with Crippen LogP contribution in [0.25, 0.3) is 54.8 Å². The number of benzene rings is 5. The monoisotopic (exact) mass is 1580 g/mol. The summed E-state index contributed by atoms with van der Waals surface area (Å²) in [5, 5.41) is 20.4. The number of ketones is 5. The largest absolute Gasteiger partial charge is 0.497 e. The van der Waals surface area contributed by atoms with Crippen LogP contribution in [0.3, 0.4) is 0 Å². The van der Waals surface area contributed by atoms with E-state index in [1.807, 2.05) is 36.4 Å². The smallest absolute Gasteiger partial charge is 0.349 e. The molecule has 2 aliphatic rings. The van der Waals surface area contributed by atoms with E-state index in [1.54, 1.807) is 89.9 Å². The van der Waals surface area contributed by atoms with Crippen molar-refractivity contribution in [3.05, 3.63) is 194 Å². The number of rotatable bonds is 28. The lowest BCUT2D eigenvalue weighted by Crippen LogP contribution is -2.44. The van der Waals surface area contributed by atoms with Crippen molar-refractivity contribution in [2.45, 2.75) is 125 Å². The first-order chi connectivity index (χ1) is 55.0. The van der Waals surface area contributed by atoms with Gasteiger partial charge in [0.2, 0.25) is 0 Å². The Kier molecular flexibility index (Phi) is 31.8. The van der Waals surface area contributed by atoms with Crippen LogP contribution >= 0.6 is 0 Å². The van der Waals surface area contributed by atoms with Gasteiger partial charge >= 0.3 is 28.1 Å². The van der Waals surface area contributed by atoms with Crippen LogP contribution in [0.4, 0.5) is 17.1 Å². The summed E-state index contributed by atoms with van der Waals surface area (Å²) in [5.41, 5.74) is 6.12. The van der Waals surface area contributed by atoms with Crippen LogP contribution < -0.4 is 88.9 Å². The fourth-order valence-corrected chi connectivity index (χ4v) is 13.6. The SMILES string of the molecule is CCN(CC)c1ccc2cc(C(=O)NC[C@H](NC)C(C)=O)c(=O)oc2c1.CCN(CC)c1ccc2cc(C(C)=O)c(=O)oc2c1.CN[C@@H](CNC(=O)c1cc2cc3c4c(c2oc1=O)CCCN4CCC3)C(C)=O.CN[C@@H](Cc1cc2cc(OC)c(OC)cc2oc1=O)C(C)=O.CN[C@@H](Cc1cc2ccc(OC)cc2oc1=O)C(C)=O. The van der Waals surface area contributed by atoms with Crippen LogP contribution in [-0.2, 0) is 44.9 Å². The molecule has 0 fully saturated rings. The molecule has 12 rings (SSSR count). The van der Waals surface area contributed by atoms with Gasteiger partial charge in [-0.05, 0) is 201 Å². The van der Waals surface area contributed by atoms with Crippen molar-refractivity contribution in [1.82, 2.24) is 31.9 Å². The van der Waals surface area contributed by atoms with Crippen LogP contribution in [0, 0.1) is 0 Å². The van der Waals surface area contributed by atoms with Gasteiger partial charge in [-0.25, -0.2) is 24.0 Å². The Hall–Kier alpha value is -11.9. The molecule has 0 aliphatic carbocycles. The van der Waals surface area contributed by atoms with Crippen molar-refractivity contribution in [1.29, 1.82) is 0 Å². The normalized spacial score (nSPS) is 13.0. The molecule has 2 aliphatic heterocycles. The molecule has 10 aromatic rings. The highest BCUT2D eigenvalue weighted by Crippen LogP contribution is 2.40. The first kappa shape index (κ1) is 88.6. The van der Waals surface area contributed by atoms with Gasteiger partial charge in [0, 0.05) is 150 Å². The van der Waals surface area contributed by atoms with Crippen molar-refractivity contribution in [3.63, 3.8) is 0 Å². The molecule has 0 bridgehead atoms. The number of Topliss-reactive ketones (excluding diaryl/α,β-unsaturated/α-hetero) is 5. The Labute approximate surface area is 664 Å². The Morgan fingerprint density at radius 1 is 0.426 bits per heavy atom. The number of hydrogen-bond donors (Lipinski definition) is 6. The maximum atomic E-state index is 12.5. The van der Waals surface area contributed by atoms with Crippen LogP contribution in [0.2, 0.25) is 0 Å². The third-order valence-electron chi connectivity index (χ3n) is 20.2. The van der Waals surface area contributed by atoms with Crippen molar-refractivity contribution in [2.75, 3.05) is 117 Å². The molecule has 0 spiro atoms. The van der Waals surface area contributed by atoms with Crippen molar-refractivity contribution < 1.29 is 69.9 Å². The second-order valence-corrected chi connectivity index (χ2v) is 27.6. The highest BCUT2D eigenvalue weighted by Gasteiger charge is 2.29. The van der Waals surface area contributed by atoms with E-state index in [0.717, 1.165) is 98.0 Å². The molecule has 0 radical (unpaired) electrons. The highest BCUT2D eigenvalue weighted by atomic mass is 16.5. The molecule has 29 nitrogen and oxygen atoms in total. The second kappa shape index (κ2) is 41.2. The number of amides is 2. The van der Waals surface area contributed by atoms with Gasteiger partial charge in [0.05, 0.1) is 45.5 Å². The first-order valence-corrected chi connectivity index (χ1v) is 38.1. The lowest BCUT2D eigenvalue weighted by molar-refractivity contribution is -0.119. The zero-order valence-corrected chi connectivity index (χ0v) is 68.0. The lowest BCUT2D eigenvalue weighted by Gasteiger charge is -2.37. The van der Waals surface area contributed by atoms with Crippen molar-refractivity contribution in [3.8, 4) is 17.2 Å². The number of fused-ring (bicyclic) bond motifs is 6. The van der Waals surface area contributed by atoms with Crippen LogP contribution in [0.1, 0.15) is 128 Å². The number of nitrogens with one attached hydrogen (secondary N) is 6. The number of nitrogens with zero attached hydrogens (tertiary/aromatic N) is 3. The molecular formula is C86H103N9O20.